The number of benzene rings is 1. The summed E-state index contributed by atoms with van der Waals surface area (Å²) in [6, 6.07) is 12.9. The first kappa shape index (κ1) is 14.3. The molecular formula is C16H19ClN4. The van der Waals surface area contributed by atoms with Crippen molar-refractivity contribution in [2.24, 2.45) is 0 Å². The second-order valence-corrected chi connectivity index (χ2v) is 5.95. The van der Waals surface area contributed by atoms with E-state index in [9.17, 15) is 0 Å². The number of hydrogen-bond donors (Lipinski definition) is 0. The Hall–Kier alpha value is -1.65. The van der Waals surface area contributed by atoms with Crippen LogP contribution < -0.4 is 4.90 Å². The van der Waals surface area contributed by atoms with E-state index in [0.29, 0.717) is 0 Å². The van der Waals surface area contributed by atoms with Gasteiger partial charge in [0.05, 0.1) is 6.04 Å². The molecule has 5 heteroatoms. The largest absolute Gasteiger partial charge is 0.332 e. The van der Waals surface area contributed by atoms with Crippen LogP contribution in [0.3, 0.4) is 0 Å². The Balaban J connectivity index is 1.86. The van der Waals surface area contributed by atoms with Crippen molar-refractivity contribution in [3.8, 4) is 0 Å². The predicted octanol–water partition coefficient (Wildman–Crippen LogP) is 2.75. The van der Waals surface area contributed by atoms with E-state index in [2.05, 4.69) is 46.1 Å². The molecule has 21 heavy (non-hydrogen) atoms. The van der Waals surface area contributed by atoms with Gasteiger partial charge in [-0.3, -0.25) is 0 Å². The topological polar surface area (TPSA) is 32.3 Å². The summed E-state index contributed by atoms with van der Waals surface area (Å²) in [7, 11) is 0. The van der Waals surface area contributed by atoms with Gasteiger partial charge in [-0.1, -0.05) is 30.3 Å². The summed E-state index contributed by atoms with van der Waals surface area (Å²) < 4.78 is 1.87. The van der Waals surface area contributed by atoms with Gasteiger partial charge in [0.1, 0.15) is 0 Å². The Kier molecular flexibility index (Phi) is 4.36. The average Bonchev–Trinajstić information content (AvgIpc) is 2.48. The van der Waals surface area contributed by atoms with Crippen molar-refractivity contribution in [2.75, 3.05) is 18.0 Å². The second-order valence-electron chi connectivity index (χ2n) is 5.48. The highest BCUT2D eigenvalue weighted by Crippen LogP contribution is 2.24. The molecule has 110 valence electrons. The van der Waals surface area contributed by atoms with Gasteiger partial charge in [-0.15, -0.1) is 0 Å². The molecule has 2 unspecified atom stereocenters. The SMILES string of the molecule is CC1CN(Cl)CC(Cc2ccccc2)N1c1ncccn1. The smallest absolute Gasteiger partial charge is 0.225 e. The molecule has 1 fully saturated rings. The van der Waals surface area contributed by atoms with E-state index < -0.39 is 0 Å². The fourth-order valence-corrected chi connectivity index (χ4v) is 3.32. The molecule has 0 N–H and O–H groups in total. The van der Waals surface area contributed by atoms with Crippen LogP contribution in [0.1, 0.15) is 12.5 Å². The summed E-state index contributed by atoms with van der Waals surface area (Å²) in [5, 5.41) is 0. The Morgan fingerprint density at radius 1 is 1.10 bits per heavy atom. The van der Waals surface area contributed by atoms with Crippen LogP contribution in [0.4, 0.5) is 5.95 Å². The molecule has 0 spiro atoms. The van der Waals surface area contributed by atoms with Crippen molar-refractivity contribution in [3.05, 3.63) is 54.4 Å². The van der Waals surface area contributed by atoms with Gasteiger partial charge in [-0.05, 0) is 36.8 Å². The molecule has 0 amide bonds. The molecule has 1 aromatic carbocycles. The number of halogens is 1. The summed E-state index contributed by atoms with van der Waals surface area (Å²) in [4.78, 5) is 11.1. The Labute approximate surface area is 130 Å². The average molecular weight is 303 g/mol. The van der Waals surface area contributed by atoms with E-state index >= 15 is 0 Å². The number of rotatable bonds is 3. The molecule has 2 aromatic rings. The molecule has 0 saturated carbocycles. The van der Waals surface area contributed by atoms with Gasteiger partial charge in [0.15, 0.2) is 0 Å². The summed E-state index contributed by atoms with van der Waals surface area (Å²) in [5.74, 6) is 0.788. The third kappa shape index (κ3) is 3.34. The summed E-state index contributed by atoms with van der Waals surface area (Å²) >= 11 is 6.29. The molecular weight excluding hydrogens is 284 g/mol. The van der Waals surface area contributed by atoms with Crippen molar-refractivity contribution in [1.29, 1.82) is 0 Å². The van der Waals surface area contributed by atoms with E-state index in [1.54, 1.807) is 12.4 Å². The summed E-state index contributed by atoms with van der Waals surface area (Å²) in [5.41, 5.74) is 1.31. The highest BCUT2D eigenvalue weighted by Gasteiger charge is 2.33. The van der Waals surface area contributed by atoms with Crippen molar-refractivity contribution in [3.63, 3.8) is 0 Å². The second kappa shape index (κ2) is 6.41. The third-order valence-electron chi connectivity index (χ3n) is 3.84. The molecule has 0 bridgehead atoms. The van der Waals surface area contributed by atoms with Gasteiger partial charge in [0.25, 0.3) is 0 Å². The maximum Gasteiger partial charge on any atom is 0.225 e. The molecule has 1 aliphatic rings. The molecule has 0 radical (unpaired) electrons. The minimum atomic E-state index is 0.274. The van der Waals surface area contributed by atoms with Gasteiger partial charge in [0, 0.05) is 31.5 Å². The summed E-state index contributed by atoms with van der Waals surface area (Å²) in [6.45, 7) is 3.78. The Morgan fingerprint density at radius 3 is 2.52 bits per heavy atom. The first-order valence-electron chi connectivity index (χ1n) is 7.24. The van der Waals surface area contributed by atoms with E-state index in [-0.39, 0.29) is 12.1 Å². The zero-order valence-corrected chi connectivity index (χ0v) is 12.8. The number of nitrogens with zero attached hydrogens (tertiary/aromatic N) is 4. The van der Waals surface area contributed by atoms with Gasteiger partial charge in [-0.25, -0.2) is 14.4 Å². The van der Waals surface area contributed by atoms with E-state index in [1.807, 2.05) is 16.6 Å². The van der Waals surface area contributed by atoms with Crippen molar-refractivity contribution in [1.82, 2.24) is 14.4 Å². The summed E-state index contributed by atoms with van der Waals surface area (Å²) in [6.07, 6.45) is 4.52. The van der Waals surface area contributed by atoms with Crippen LogP contribution in [0, 0.1) is 0 Å². The van der Waals surface area contributed by atoms with Crippen LogP contribution in [-0.2, 0) is 6.42 Å². The lowest BCUT2D eigenvalue weighted by molar-refractivity contribution is 0.299. The molecule has 1 aromatic heterocycles. The minimum Gasteiger partial charge on any atom is -0.332 e. The first-order chi connectivity index (χ1) is 10.2. The zero-order valence-electron chi connectivity index (χ0n) is 12.1. The van der Waals surface area contributed by atoms with Crippen molar-refractivity contribution >= 4 is 17.7 Å². The molecule has 1 saturated heterocycles. The first-order valence-corrected chi connectivity index (χ1v) is 7.58. The molecule has 4 nitrogen and oxygen atoms in total. The van der Waals surface area contributed by atoms with Gasteiger partial charge >= 0.3 is 0 Å². The molecule has 2 atom stereocenters. The fraction of sp³-hybridized carbons (Fsp3) is 0.375. The van der Waals surface area contributed by atoms with Crippen molar-refractivity contribution in [2.45, 2.75) is 25.4 Å². The third-order valence-corrected chi connectivity index (χ3v) is 4.11. The maximum absolute atomic E-state index is 6.29. The van der Waals surface area contributed by atoms with Crippen LogP contribution in [0.2, 0.25) is 0 Å². The van der Waals surface area contributed by atoms with Gasteiger partial charge in [0.2, 0.25) is 5.95 Å². The number of piperazine rings is 1. The van der Waals surface area contributed by atoms with Gasteiger partial charge < -0.3 is 4.90 Å². The van der Waals surface area contributed by atoms with Crippen LogP contribution in [0.25, 0.3) is 0 Å². The monoisotopic (exact) mass is 302 g/mol. The van der Waals surface area contributed by atoms with E-state index in [0.717, 1.165) is 25.5 Å². The zero-order chi connectivity index (χ0) is 14.7. The molecule has 0 aliphatic carbocycles. The molecule has 1 aliphatic heterocycles. The van der Waals surface area contributed by atoms with Gasteiger partial charge in [-0.2, -0.15) is 0 Å². The standard InChI is InChI=1S/C16H19ClN4/c1-13-11-20(17)12-15(10-14-6-3-2-4-7-14)21(13)16-18-8-5-9-19-16/h2-9,13,15H,10-12H2,1H3. The van der Waals surface area contributed by atoms with E-state index in [1.165, 1.54) is 5.56 Å². The van der Waals surface area contributed by atoms with Crippen LogP contribution in [0.15, 0.2) is 48.8 Å². The minimum absolute atomic E-state index is 0.274. The highest BCUT2D eigenvalue weighted by molar-refractivity contribution is 6.13. The molecule has 3 rings (SSSR count). The predicted molar refractivity (Wildman–Crippen MR) is 85.3 cm³/mol. The maximum atomic E-state index is 6.29. The normalized spacial score (nSPS) is 23.2. The van der Waals surface area contributed by atoms with Crippen molar-refractivity contribution < 1.29 is 0 Å². The highest BCUT2D eigenvalue weighted by atomic mass is 35.5. The Bertz CT molecular complexity index is 563. The van der Waals surface area contributed by atoms with Crippen LogP contribution in [0.5, 0.6) is 0 Å². The van der Waals surface area contributed by atoms with Crippen LogP contribution >= 0.6 is 11.8 Å². The number of aromatic nitrogens is 2. The lowest BCUT2D eigenvalue weighted by Gasteiger charge is -2.43. The Morgan fingerprint density at radius 2 is 1.81 bits per heavy atom. The lowest BCUT2D eigenvalue weighted by atomic mass is 10.0. The quantitative estimate of drug-likeness (QED) is 0.816. The number of hydrogen-bond acceptors (Lipinski definition) is 4. The lowest BCUT2D eigenvalue weighted by Crippen LogP contribution is -2.57. The van der Waals surface area contributed by atoms with E-state index in [4.69, 9.17) is 11.8 Å². The van der Waals surface area contributed by atoms with Crippen LogP contribution in [-0.4, -0.2) is 39.6 Å². The molecule has 2 heterocycles. The fourth-order valence-electron chi connectivity index (χ4n) is 2.96. The number of anilines is 1.